The number of carbonyl (C=O) groups excluding carboxylic acids is 3. The van der Waals surface area contributed by atoms with Gasteiger partial charge in [0.05, 0.1) is 11.1 Å². The van der Waals surface area contributed by atoms with Crippen LogP contribution in [-0.4, -0.2) is 40.1 Å². The van der Waals surface area contributed by atoms with Gasteiger partial charge >= 0.3 is 0 Å². The molecular formula is C23H23FN2O3. The molecule has 1 fully saturated rings. The van der Waals surface area contributed by atoms with Crippen LogP contribution in [0.1, 0.15) is 58.4 Å². The first-order chi connectivity index (χ1) is 14.0. The Morgan fingerprint density at radius 1 is 0.931 bits per heavy atom. The quantitative estimate of drug-likeness (QED) is 0.725. The number of nitrogens with zero attached hydrogens (tertiary/aromatic N) is 2. The highest BCUT2D eigenvalue weighted by atomic mass is 19.1. The normalized spacial score (nSPS) is 16.8. The van der Waals surface area contributed by atoms with E-state index in [9.17, 15) is 18.8 Å². The molecule has 0 saturated heterocycles. The molecule has 0 atom stereocenters. The highest BCUT2D eigenvalue weighted by molar-refractivity contribution is 6.22. The SMILES string of the molecule is O=C1c2ccccc2C(=O)N1CC(=O)N(Cc1ccc(F)cc1)C1CCCCC1. The molecule has 0 spiro atoms. The monoisotopic (exact) mass is 394 g/mol. The van der Waals surface area contributed by atoms with Crippen molar-refractivity contribution < 1.29 is 18.8 Å². The number of imide groups is 1. The largest absolute Gasteiger partial charge is 0.334 e. The zero-order valence-electron chi connectivity index (χ0n) is 16.1. The summed E-state index contributed by atoms with van der Waals surface area (Å²) in [7, 11) is 0. The van der Waals surface area contributed by atoms with Crippen molar-refractivity contribution in [2.24, 2.45) is 0 Å². The van der Waals surface area contributed by atoms with Gasteiger partial charge < -0.3 is 4.90 Å². The molecule has 150 valence electrons. The third-order valence-electron chi connectivity index (χ3n) is 5.77. The Labute approximate surface area is 169 Å². The molecule has 4 rings (SSSR count). The molecule has 2 aliphatic rings. The summed E-state index contributed by atoms with van der Waals surface area (Å²) in [5.41, 5.74) is 1.51. The first-order valence-electron chi connectivity index (χ1n) is 10.0. The van der Waals surface area contributed by atoms with E-state index in [1.165, 1.54) is 12.1 Å². The summed E-state index contributed by atoms with van der Waals surface area (Å²) >= 11 is 0. The lowest BCUT2D eigenvalue weighted by atomic mass is 9.93. The minimum atomic E-state index is -0.427. The van der Waals surface area contributed by atoms with Crippen molar-refractivity contribution in [1.29, 1.82) is 0 Å². The van der Waals surface area contributed by atoms with Gasteiger partial charge in [-0.15, -0.1) is 0 Å². The lowest BCUT2D eigenvalue weighted by Crippen LogP contribution is -2.47. The van der Waals surface area contributed by atoms with E-state index >= 15 is 0 Å². The van der Waals surface area contributed by atoms with Crippen LogP contribution < -0.4 is 0 Å². The second-order valence-corrected chi connectivity index (χ2v) is 7.68. The molecular weight excluding hydrogens is 371 g/mol. The van der Waals surface area contributed by atoms with Crippen molar-refractivity contribution in [3.8, 4) is 0 Å². The minimum Gasteiger partial charge on any atom is -0.334 e. The number of rotatable bonds is 5. The molecule has 3 amide bonds. The summed E-state index contributed by atoms with van der Waals surface area (Å²) in [5.74, 6) is -1.43. The van der Waals surface area contributed by atoms with Crippen LogP contribution in [0.5, 0.6) is 0 Å². The van der Waals surface area contributed by atoms with Gasteiger partial charge in [0.15, 0.2) is 0 Å². The van der Waals surface area contributed by atoms with Gasteiger partial charge in [0.2, 0.25) is 5.91 Å². The van der Waals surface area contributed by atoms with E-state index in [4.69, 9.17) is 0 Å². The summed E-state index contributed by atoms with van der Waals surface area (Å²) in [6.45, 7) is 0.0665. The number of halogens is 1. The van der Waals surface area contributed by atoms with E-state index in [1.54, 1.807) is 41.3 Å². The second-order valence-electron chi connectivity index (χ2n) is 7.68. The van der Waals surface area contributed by atoms with Gasteiger partial charge in [-0.25, -0.2) is 4.39 Å². The van der Waals surface area contributed by atoms with Crippen LogP contribution in [0, 0.1) is 5.82 Å². The Hall–Kier alpha value is -3.02. The number of amides is 3. The van der Waals surface area contributed by atoms with Crippen molar-refractivity contribution in [3.63, 3.8) is 0 Å². The van der Waals surface area contributed by atoms with E-state index in [2.05, 4.69) is 0 Å². The molecule has 6 heteroatoms. The highest BCUT2D eigenvalue weighted by Crippen LogP contribution is 2.26. The Kier molecular flexibility index (Phi) is 5.43. The van der Waals surface area contributed by atoms with Crippen LogP contribution >= 0.6 is 0 Å². The molecule has 0 aromatic heterocycles. The van der Waals surface area contributed by atoms with Gasteiger partial charge in [-0.1, -0.05) is 43.5 Å². The van der Waals surface area contributed by atoms with Crippen LogP contribution in [0.15, 0.2) is 48.5 Å². The predicted octanol–water partition coefficient (Wildman–Crippen LogP) is 3.78. The lowest BCUT2D eigenvalue weighted by molar-refractivity contribution is -0.135. The standard InChI is InChI=1S/C23H23FN2O3/c24-17-12-10-16(11-13-17)14-25(18-6-2-1-3-7-18)21(27)15-26-22(28)19-8-4-5-9-20(19)23(26)29/h4-5,8-13,18H,1-3,6-7,14-15H2. The summed E-state index contributed by atoms with van der Waals surface area (Å²) in [4.78, 5) is 41.3. The highest BCUT2D eigenvalue weighted by Gasteiger charge is 2.38. The lowest BCUT2D eigenvalue weighted by Gasteiger charge is -2.35. The summed E-state index contributed by atoms with van der Waals surface area (Å²) < 4.78 is 13.3. The molecule has 29 heavy (non-hydrogen) atoms. The van der Waals surface area contributed by atoms with Gasteiger partial charge in [0.1, 0.15) is 12.4 Å². The topological polar surface area (TPSA) is 57.7 Å². The smallest absolute Gasteiger partial charge is 0.262 e. The van der Waals surface area contributed by atoms with Crippen molar-refractivity contribution in [2.45, 2.75) is 44.7 Å². The van der Waals surface area contributed by atoms with E-state index in [0.717, 1.165) is 42.6 Å². The maximum absolute atomic E-state index is 13.3. The van der Waals surface area contributed by atoms with Crippen LogP contribution in [0.25, 0.3) is 0 Å². The summed E-state index contributed by atoms with van der Waals surface area (Å²) in [6, 6.07) is 12.8. The molecule has 2 aromatic carbocycles. The maximum atomic E-state index is 13.3. The molecule has 2 aromatic rings. The molecule has 5 nitrogen and oxygen atoms in total. The average Bonchev–Trinajstić information content (AvgIpc) is 2.99. The minimum absolute atomic E-state index is 0.0662. The number of hydrogen-bond acceptors (Lipinski definition) is 3. The van der Waals surface area contributed by atoms with Crippen molar-refractivity contribution in [2.75, 3.05) is 6.54 Å². The van der Waals surface area contributed by atoms with Crippen LogP contribution in [0.4, 0.5) is 4.39 Å². The number of benzene rings is 2. The van der Waals surface area contributed by atoms with Crippen molar-refractivity contribution in [1.82, 2.24) is 9.80 Å². The van der Waals surface area contributed by atoms with E-state index < -0.39 is 11.8 Å². The third-order valence-corrected chi connectivity index (χ3v) is 5.77. The van der Waals surface area contributed by atoms with Crippen LogP contribution in [0.3, 0.4) is 0 Å². The zero-order valence-corrected chi connectivity index (χ0v) is 16.1. The maximum Gasteiger partial charge on any atom is 0.262 e. The Morgan fingerprint density at radius 3 is 2.10 bits per heavy atom. The molecule has 1 heterocycles. The van der Waals surface area contributed by atoms with Gasteiger partial charge in [0, 0.05) is 12.6 Å². The molecule has 0 bridgehead atoms. The average molecular weight is 394 g/mol. The first-order valence-corrected chi connectivity index (χ1v) is 10.0. The van der Waals surface area contributed by atoms with Crippen LogP contribution in [0.2, 0.25) is 0 Å². The van der Waals surface area contributed by atoms with E-state index in [1.807, 2.05) is 0 Å². The fourth-order valence-electron chi connectivity index (χ4n) is 4.21. The van der Waals surface area contributed by atoms with E-state index in [0.29, 0.717) is 17.7 Å². The van der Waals surface area contributed by atoms with Crippen LogP contribution in [-0.2, 0) is 11.3 Å². The number of fused-ring (bicyclic) bond motifs is 1. The molecule has 0 N–H and O–H groups in total. The van der Waals surface area contributed by atoms with Crippen molar-refractivity contribution >= 4 is 17.7 Å². The van der Waals surface area contributed by atoms with Gasteiger partial charge in [-0.2, -0.15) is 0 Å². The molecule has 1 aliphatic carbocycles. The Balaban J connectivity index is 1.54. The van der Waals surface area contributed by atoms with Gasteiger partial charge in [0.25, 0.3) is 11.8 Å². The van der Waals surface area contributed by atoms with Gasteiger partial charge in [-0.05, 0) is 42.7 Å². The Bertz CT molecular complexity index is 900. The third kappa shape index (κ3) is 3.92. The summed E-state index contributed by atoms with van der Waals surface area (Å²) in [6.07, 6.45) is 5.04. The fraction of sp³-hybridized carbons (Fsp3) is 0.348. The first kappa shape index (κ1) is 19.3. The molecule has 1 aliphatic heterocycles. The zero-order chi connectivity index (χ0) is 20.4. The van der Waals surface area contributed by atoms with Gasteiger partial charge in [-0.3, -0.25) is 19.3 Å². The molecule has 0 radical (unpaired) electrons. The number of hydrogen-bond donors (Lipinski definition) is 0. The van der Waals surface area contributed by atoms with E-state index in [-0.39, 0.29) is 24.3 Å². The predicted molar refractivity (Wildman–Crippen MR) is 106 cm³/mol. The summed E-state index contributed by atoms with van der Waals surface area (Å²) in [5, 5.41) is 0. The molecule has 0 unspecified atom stereocenters. The Morgan fingerprint density at radius 2 is 1.52 bits per heavy atom. The van der Waals surface area contributed by atoms with Crippen molar-refractivity contribution in [3.05, 3.63) is 71.0 Å². The molecule has 1 saturated carbocycles. The fourth-order valence-corrected chi connectivity index (χ4v) is 4.21. The second kappa shape index (κ2) is 8.15. The number of carbonyl (C=O) groups is 3.